The van der Waals surface area contributed by atoms with Gasteiger partial charge >= 0.3 is 12.0 Å². The summed E-state index contributed by atoms with van der Waals surface area (Å²) in [7, 11) is -3.67. The van der Waals surface area contributed by atoms with Crippen molar-refractivity contribution in [1.29, 1.82) is 0 Å². The number of ether oxygens (including phenoxy) is 2. The Balaban J connectivity index is -0.00000121. The van der Waals surface area contributed by atoms with E-state index in [0.29, 0.717) is 29.8 Å². The van der Waals surface area contributed by atoms with Crippen LogP contribution in [-0.4, -0.2) is 93.8 Å². The lowest BCUT2D eigenvalue weighted by atomic mass is 10.0. The van der Waals surface area contributed by atoms with Gasteiger partial charge in [-0.1, -0.05) is 54.5 Å². The number of rotatable bonds is 16. The highest BCUT2D eigenvalue weighted by molar-refractivity contribution is 7.85. The van der Waals surface area contributed by atoms with Crippen LogP contribution in [0, 0.1) is 5.92 Å². The van der Waals surface area contributed by atoms with Gasteiger partial charge in [-0.15, -0.1) is 0 Å². The SMILES string of the molecule is CC.CC(=O)OCc1ccc(NC(=O)CNC(=O)C(NC(=O)CNC(C)C)C(C)C)c(OCCN)c1.CCCNC(N)=O.CS(=O)(=O)O. The second-order valence-electron chi connectivity index (χ2n) is 10.4. The van der Waals surface area contributed by atoms with Crippen LogP contribution in [0.25, 0.3) is 0 Å². The van der Waals surface area contributed by atoms with Gasteiger partial charge in [0.1, 0.15) is 25.0 Å². The number of primary amides is 1. The molecule has 1 unspecified atom stereocenters. The van der Waals surface area contributed by atoms with Crippen molar-refractivity contribution in [1.82, 2.24) is 21.3 Å². The van der Waals surface area contributed by atoms with E-state index in [4.69, 9.17) is 25.5 Å². The third kappa shape index (κ3) is 30.6. The van der Waals surface area contributed by atoms with Crippen molar-refractivity contribution in [2.24, 2.45) is 17.4 Å². The Kier molecular flexibility index (Phi) is 28.3. The molecule has 10 N–H and O–H groups in total. The Labute approximate surface area is 284 Å². The second kappa shape index (κ2) is 28.1. The van der Waals surface area contributed by atoms with E-state index in [9.17, 15) is 32.4 Å². The lowest BCUT2D eigenvalue weighted by molar-refractivity contribution is -0.142. The Hall–Kier alpha value is -4.00. The molecule has 0 saturated carbocycles. The lowest BCUT2D eigenvalue weighted by Gasteiger charge is -2.22. The fourth-order valence-corrected chi connectivity index (χ4v) is 3.01. The second-order valence-corrected chi connectivity index (χ2v) is 11.8. The molecule has 0 fully saturated rings. The molecule has 0 spiro atoms. The van der Waals surface area contributed by atoms with Crippen molar-refractivity contribution in [2.45, 2.75) is 80.5 Å². The number of urea groups is 1. The Bertz CT molecular complexity index is 1200. The molecular formula is C30H57N7O10S. The first-order chi connectivity index (χ1) is 22.3. The van der Waals surface area contributed by atoms with Crippen molar-refractivity contribution >= 4 is 45.5 Å². The molecule has 1 atom stereocenters. The first-order valence-electron chi connectivity index (χ1n) is 15.5. The maximum atomic E-state index is 12.6. The van der Waals surface area contributed by atoms with Crippen LogP contribution in [0.3, 0.4) is 0 Å². The third-order valence-electron chi connectivity index (χ3n) is 5.05. The summed E-state index contributed by atoms with van der Waals surface area (Å²) < 4.78 is 36.4. The molecule has 0 aliphatic carbocycles. The number of hydrogen-bond donors (Lipinski definition) is 8. The van der Waals surface area contributed by atoms with Crippen LogP contribution >= 0.6 is 0 Å². The van der Waals surface area contributed by atoms with Gasteiger partial charge in [0, 0.05) is 26.1 Å². The minimum absolute atomic E-state index is 0.0631. The van der Waals surface area contributed by atoms with Crippen molar-refractivity contribution in [2.75, 3.05) is 44.4 Å². The van der Waals surface area contributed by atoms with Crippen LogP contribution in [-0.2, 0) is 40.6 Å². The molecule has 0 radical (unpaired) electrons. The molecule has 0 bridgehead atoms. The minimum atomic E-state index is -3.67. The van der Waals surface area contributed by atoms with Gasteiger partial charge in [-0.05, 0) is 30.0 Å². The number of esters is 1. The molecule has 17 nitrogen and oxygen atoms in total. The van der Waals surface area contributed by atoms with Gasteiger partial charge in [0.25, 0.3) is 10.1 Å². The van der Waals surface area contributed by atoms with Gasteiger partial charge in [-0.2, -0.15) is 8.42 Å². The van der Waals surface area contributed by atoms with Gasteiger partial charge < -0.3 is 47.5 Å². The largest absolute Gasteiger partial charge is 0.490 e. The monoisotopic (exact) mass is 707 g/mol. The molecule has 0 saturated heterocycles. The normalized spacial score (nSPS) is 10.8. The predicted molar refractivity (Wildman–Crippen MR) is 185 cm³/mol. The van der Waals surface area contributed by atoms with Crippen LogP contribution in [0.5, 0.6) is 5.75 Å². The van der Waals surface area contributed by atoms with Crippen LogP contribution in [0.1, 0.15) is 67.4 Å². The molecular weight excluding hydrogens is 650 g/mol. The zero-order valence-corrected chi connectivity index (χ0v) is 30.4. The number of anilines is 1. The quantitative estimate of drug-likeness (QED) is 0.0879. The number of nitrogens with one attached hydrogen (secondary N) is 5. The van der Waals surface area contributed by atoms with E-state index < -0.39 is 40.0 Å². The van der Waals surface area contributed by atoms with Crippen molar-refractivity contribution < 1.29 is 46.4 Å². The standard InChI is InChI=1S/C23H37N5O6.C4H10N2O.C2H6.CH4O3S/c1-14(2)22(28-21(31)11-25-15(3)4)23(32)26-12-20(30)27-18-7-6-17(13-34-16(5)29)10-19(18)33-9-8-24;1-2-3-6-4(5)7;1-2;1-5(2,3)4/h6-7,10,14-15,22,25H,8-9,11-13,24H2,1-5H3,(H,26,32)(H,27,30)(H,28,31);2-3H2,1H3,(H3,5,6,7);1-2H3;1H3,(H,2,3,4). The number of carbonyl (C=O) groups is 5. The van der Waals surface area contributed by atoms with Gasteiger partial charge in [-0.25, -0.2) is 4.79 Å². The summed E-state index contributed by atoms with van der Waals surface area (Å²) in [5.41, 5.74) is 11.3. The molecule has 1 aromatic rings. The predicted octanol–water partition coefficient (Wildman–Crippen LogP) is 0.876. The molecule has 0 aliphatic heterocycles. The number of hydrogen-bond acceptors (Lipinski definition) is 11. The minimum Gasteiger partial charge on any atom is -0.490 e. The number of benzene rings is 1. The first kappa shape index (κ1) is 48.4. The molecule has 0 heterocycles. The van der Waals surface area contributed by atoms with E-state index in [2.05, 4.69) is 26.6 Å². The summed E-state index contributed by atoms with van der Waals surface area (Å²) in [5.74, 6) is -1.47. The molecule has 18 heteroatoms. The third-order valence-corrected chi connectivity index (χ3v) is 5.05. The van der Waals surface area contributed by atoms with Crippen LogP contribution in [0.2, 0.25) is 0 Å². The highest BCUT2D eigenvalue weighted by Crippen LogP contribution is 2.26. The zero-order valence-electron chi connectivity index (χ0n) is 29.6. The lowest BCUT2D eigenvalue weighted by Crippen LogP contribution is -2.52. The van der Waals surface area contributed by atoms with E-state index in [-0.39, 0.29) is 50.7 Å². The molecule has 5 amide bonds. The molecule has 0 aliphatic rings. The average molecular weight is 708 g/mol. The molecule has 0 aromatic heterocycles. The number of carbonyl (C=O) groups excluding carboxylic acids is 5. The van der Waals surface area contributed by atoms with E-state index in [0.717, 1.165) is 6.42 Å². The summed E-state index contributed by atoms with van der Waals surface area (Å²) in [4.78, 5) is 58.1. The Morgan fingerprint density at radius 2 is 1.56 bits per heavy atom. The van der Waals surface area contributed by atoms with E-state index in [1.165, 1.54) is 6.92 Å². The van der Waals surface area contributed by atoms with Crippen molar-refractivity contribution in [3.8, 4) is 5.75 Å². The van der Waals surface area contributed by atoms with Crippen LogP contribution < -0.4 is 42.8 Å². The van der Waals surface area contributed by atoms with E-state index in [1.807, 2.05) is 34.6 Å². The van der Waals surface area contributed by atoms with Crippen LogP contribution in [0.4, 0.5) is 10.5 Å². The van der Waals surface area contributed by atoms with E-state index >= 15 is 0 Å². The first-order valence-corrected chi connectivity index (χ1v) is 17.3. The van der Waals surface area contributed by atoms with Crippen molar-refractivity contribution in [3.63, 3.8) is 0 Å². The summed E-state index contributed by atoms with van der Waals surface area (Å²) in [6, 6.07) is 3.85. The van der Waals surface area contributed by atoms with Gasteiger partial charge in [0.2, 0.25) is 17.7 Å². The highest BCUT2D eigenvalue weighted by atomic mass is 32.2. The van der Waals surface area contributed by atoms with Gasteiger partial charge in [-0.3, -0.25) is 23.7 Å². The molecule has 1 rings (SSSR count). The summed E-state index contributed by atoms with van der Waals surface area (Å²) in [5, 5.41) is 13.4. The number of amides is 5. The van der Waals surface area contributed by atoms with E-state index in [1.54, 1.807) is 32.0 Å². The van der Waals surface area contributed by atoms with Crippen molar-refractivity contribution in [3.05, 3.63) is 23.8 Å². The van der Waals surface area contributed by atoms with Crippen LogP contribution in [0.15, 0.2) is 18.2 Å². The highest BCUT2D eigenvalue weighted by Gasteiger charge is 2.24. The topological polar surface area (TPSA) is 270 Å². The number of nitrogens with two attached hydrogens (primary N) is 2. The molecule has 48 heavy (non-hydrogen) atoms. The summed E-state index contributed by atoms with van der Waals surface area (Å²) in [6.07, 6.45) is 1.65. The smallest absolute Gasteiger partial charge is 0.312 e. The maximum absolute atomic E-state index is 12.6. The van der Waals surface area contributed by atoms with Gasteiger partial charge in [0.05, 0.1) is 25.0 Å². The Morgan fingerprint density at radius 3 is 2.00 bits per heavy atom. The average Bonchev–Trinajstić information content (AvgIpc) is 2.99. The zero-order chi connectivity index (χ0) is 37.9. The summed E-state index contributed by atoms with van der Waals surface area (Å²) in [6.45, 7) is 15.7. The Morgan fingerprint density at radius 1 is 0.979 bits per heavy atom. The molecule has 1 aromatic carbocycles. The fourth-order valence-electron chi connectivity index (χ4n) is 3.01. The molecule has 278 valence electrons. The summed E-state index contributed by atoms with van der Waals surface area (Å²) >= 11 is 0. The maximum Gasteiger partial charge on any atom is 0.312 e. The fraction of sp³-hybridized carbons (Fsp3) is 0.633. The van der Waals surface area contributed by atoms with Gasteiger partial charge in [0.15, 0.2) is 0 Å².